The van der Waals surface area contributed by atoms with Gasteiger partial charge in [-0.25, -0.2) is 0 Å². The van der Waals surface area contributed by atoms with Gasteiger partial charge < -0.3 is 14.8 Å². The third kappa shape index (κ3) is 3.48. The van der Waals surface area contributed by atoms with Crippen LogP contribution in [-0.4, -0.2) is 25.3 Å². The molecule has 0 bridgehead atoms. The SMILES string of the molecule is C=CCOc1c(OC)cc(Cl)cc1C1C2=C(CCCC2=O)NC2=C1C(=O)CCC2. The van der Waals surface area contributed by atoms with Crippen LogP contribution in [0, 0.1) is 0 Å². The van der Waals surface area contributed by atoms with Gasteiger partial charge in [0.2, 0.25) is 0 Å². The van der Waals surface area contributed by atoms with Crippen molar-refractivity contribution >= 4 is 23.2 Å². The molecule has 0 fully saturated rings. The Morgan fingerprint density at radius 2 is 1.72 bits per heavy atom. The summed E-state index contributed by atoms with van der Waals surface area (Å²) in [5, 5.41) is 3.89. The van der Waals surface area contributed by atoms with Gasteiger partial charge >= 0.3 is 0 Å². The van der Waals surface area contributed by atoms with Gasteiger partial charge in [-0.2, -0.15) is 0 Å². The molecule has 0 atom stereocenters. The smallest absolute Gasteiger partial charge is 0.165 e. The van der Waals surface area contributed by atoms with Gasteiger partial charge in [0.05, 0.1) is 7.11 Å². The second-order valence-electron chi connectivity index (χ2n) is 7.52. The highest BCUT2D eigenvalue weighted by molar-refractivity contribution is 6.31. The van der Waals surface area contributed by atoms with Crippen molar-refractivity contribution in [1.29, 1.82) is 0 Å². The van der Waals surface area contributed by atoms with Gasteiger partial charge in [-0.15, -0.1) is 0 Å². The van der Waals surface area contributed by atoms with Gasteiger partial charge in [-0.3, -0.25) is 9.59 Å². The summed E-state index contributed by atoms with van der Waals surface area (Å²) in [6.45, 7) is 3.99. The second kappa shape index (κ2) is 8.07. The molecular weight excluding hydrogens is 390 g/mol. The molecule has 1 heterocycles. The Morgan fingerprint density at radius 1 is 1.10 bits per heavy atom. The fourth-order valence-electron chi connectivity index (χ4n) is 4.55. The first kappa shape index (κ1) is 19.8. The van der Waals surface area contributed by atoms with Crippen LogP contribution in [0.25, 0.3) is 0 Å². The number of hydrogen-bond acceptors (Lipinski definition) is 5. The van der Waals surface area contributed by atoms with Crippen LogP contribution in [-0.2, 0) is 9.59 Å². The van der Waals surface area contributed by atoms with E-state index in [2.05, 4.69) is 11.9 Å². The number of nitrogens with one attached hydrogen (secondary N) is 1. The Morgan fingerprint density at radius 3 is 2.28 bits per heavy atom. The quantitative estimate of drug-likeness (QED) is 0.714. The molecule has 152 valence electrons. The van der Waals surface area contributed by atoms with Gasteiger partial charge in [-0.1, -0.05) is 24.3 Å². The molecular formula is C23H24ClNO4. The molecule has 1 aromatic carbocycles. The molecule has 1 aromatic rings. The van der Waals surface area contributed by atoms with E-state index in [-0.39, 0.29) is 18.2 Å². The van der Waals surface area contributed by atoms with E-state index >= 15 is 0 Å². The first-order valence-electron chi connectivity index (χ1n) is 9.95. The van der Waals surface area contributed by atoms with Crippen LogP contribution in [0.2, 0.25) is 5.02 Å². The predicted molar refractivity (Wildman–Crippen MR) is 111 cm³/mol. The molecule has 1 N–H and O–H groups in total. The number of halogens is 1. The number of carbonyl (C=O) groups is 2. The third-order valence-electron chi connectivity index (χ3n) is 5.72. The van der Waals surface area contributed by atoms with Gasteiger partial charge in [0.1, 0.15) is 6.61 Å². The van der Waals surface area contributed by atoms with Crippen molar-refractivity contribution in [2.75, 3.05) is 13.7 Å². The highest BCUT2D eigenvalue weighted by atomic mass is 35.5. The summed E-state index contributed by atoms with van der Waals surface area (Å²) in [5.41, 5.74) is 3.88. The number of rotatable bonds is 5. The molecule has 0 saturated heterocycles. The van der Waals surface area contributed by atoms with E-state index < -0.39 is 5.92 Å². The highest BCUT2D eigenvalue weighted by Crippen LogP contribution is 2.50. The Hall–Kier alpha value is -2.53. The topological polar surface area (TPSA) is 64.6 Å². The van der Waals surface area contributed by atoms with Crippen molar-refractivity contribution in [3.63, 3.8) is 0 Å². The second-order valence-corrected chi connectivity index (χ2v) is 7.96. The Kier molecular flexibility index (Phi) is 5.50. The van der Waals surface area contributed by atoms with Crippen molar-refractivity contribution in [3.05, 3.63) is 57.9 Å². The van der Waals surface area contributed by atoms with Gasteiger partial charge in [-0.05, 0) is 31.7 Å². The average molecular weight is 414 g/mol. The lowest BCUT2D eigenvalue weighted by Crippen LogP contribution is -2.36. The van der Waals surface area contributed by atoms with Crippen molar-refractivity contribution in [2.24, 2.45) is 0 Å². The van der Waals surface area contributed by atoms with Crippen molar-refractivity contribution in [3.8, 4) is 11.5 Å². The number of dihydropyridines is 1. The summed E-state index contributed by atoms with van der Waals surface area (Å²) in [6.07, 6.45) is 5.82. The van der Waals surface area contributed by atoms with E-state index in [4.69, 9.17) is 21.1 Å². The van der Waals surface area contributed by atoms with E-state index in [1.54, 1.807) is 25.3 Å². The van der Waals surface area contributed by atoms with Crippen LogP contribution in [0.15, 0.2) is 47.3 Å². The highest BCUT2D eigenvalue weighted by Gasteiger charge is 2.41. The molecule has 0 aromatic heterocycles. The molecule has 3 aliphatic rings. The van der Waals surface area contributed by atoms with Crippen LogP contribution in [0.5, 0.6) is 11.5 Å². The lowest BCUT2D eigenvalue weighted by molar-refractivity contribution is -0.116. The lowest BCUT2D eigenvalue weighted by atomic mass is 9.71. The summed E-state index contributed by atoms with van der Waals surface area (Å²) in [4.78, 5) is 26.0. The first-order chi connectivity index (χ1) is 14.0. The molecule has 5 nitrogen and oxygen atoms in total. The number of ether oxygens (including phenoxy) is 2. The fourth-order valence-corrected chi connectivity index (χ4v) is 4.76. The molecule has 0 spiro atoms. The van der Waals surface area contributed by atoms with E-state index in [0.717, 1.165) is 37.1 Å². The van der Waals surface area contributed by atoms with Gasteiger partial charge in [0.15, 0.2) is 23.1 Å². The monoisotopic (exact) mass is 413 g/mol. The van der Waals surface area contributed by atoms with Crippen molar-refractivity contribution in [1.82, 2.24) is 5.32 Å². The van der Waals surface area contributed by atoms with E-state index in [0.29, 0.717) is 46.1 Å². The molecule has 0 saturated carbocycles. The number of allylic oxidation sites excluding steroid dienone is 4. The van der Waals surface area contributed by atoms with E-state index in [1.807, 2.05) is 0 Å². The Balaban J connectivity index is 1.97. The van der Waals surface area contributed by atoms with Gasteiger partial charge in [0.25, 0.3) is 0 Å². The van der Waals surface area contributed by atoms with Crippen LogP contribution in [0.1, 0.15) is 50.0 Å². The van der Waals surface area contributed by atoms with Crippen LogP contribution in [0.3, 0.4) is 0 Å². The average Bonchev–Trinajstić information content (AvgIpc) is 2.71. The number of methoxy groups -OCH3 is 1. The molecule has 1 aliphatic heterocycles. The summed E-state index contributed by atoms with van der Waals surface area (Å²) in [6, 6.07) is 3.47. The number of hydrogen-bond donors (Lipinski definition) is 1. The van der Waals surface area contributed by atoms with Crippen molar-refractivity contribution in [2.45, 2.75) is 44.4 Å². The normalized spacial score (nSPS) is 19.5. The number of benzene rings is 1. The number of Topliss-reactive ketones (excluding diaryl/α,β-unsaturated/α-hetero) is 2. The summed E-state index contributed by atoms with van der Waals surface area (Å²) in [7, 11) is 1.55. The summed E-state index contributed by atoms with van der Waals surface area (Å²) in [5.74, 6) is 0.627. The summed E-state index contributed by atoms with van der Waals surface area (Å²) < 4.78 is 11.5. The largest absolute Gasteiger partial charge is 0.493 e. The van der Waals surface area contributed by atoms with Crippen LogP contribution < -0.4 is 14.8 Å². The molecule has 6 heteroatoms. The predicted octanol–water partition coefficient (Wildman–Crippen LogP) is 4.61. The van der Waals surface area contributed by atoms with Crippen LogP contribution in [0.4, 0.5) is 0 Å². The molecule has 0 unspecified atom stereocenters. The van der Waals surface area contributed by atoms with Crippen LogP contribution >= 0.6 is 11.6 Å². The maximum Gasteiger partial charge on any atom is 0.165 e. The standard InChI is InChI=1S/C23H24ClNO4/c1-3-10-29-23-14(11-13(24)12-19(23)28-2)20-21-15(6-4-8-17(21)26)25-16-7-5-9-18(27)22(16)20/h3,11-12,20,25H,1,4-10H2,2H3. The maximum absolute atomic E-state index is 13.0. The summed E-state index contributed by atoms with van der Waals surface area (Å²) >= 11 is 6.40. The lowest BCUT2D eigenvalue weighted by Gasteiger charge is -2.37. The van der Waals surface area contributed by atoms with E-state index in [9.17, 15) is 9.59 Å². The number of ketones is 2. The minimum absolute atomic E-state index is 0.0716. The minimum Gasteiger partial charge on any atom is -0.493 e. The zero-order valence-corrected chi connectivity index (χ0v) is 17.2. The zero-order valence-electron chi connectivity index (χ0n) is 16.5. The minimum atomic E-state index is -0.491. The molecule has 2 aliphatic carbocycles. The Bertz CT molecular complexity index is 918. The van der Waals surface area contributed by atoms with Crippen molar-refractivity contribution < 1.29 is 19.1 Å². The van der Waals surface area contributed by atoms with E-state index in [1.165, 1.54) is 0 Å². The zero-order chi connectivity index (χ0) is 20.5. The molecule has 0 radical (unpaired) electrons. The fraction of sp³-hybridized carbons (Fsp3) is 0.391. The number of carbonyl (C=O) groups excluding carboxylic acids is 2. The maximum atomic E-state index is 13.0. The molecule has 29 heavy (non-hydrogen) atoms. The molecule has 4 rings (SSSR count). The van der Waals surface area contributed by atoms with Gasteiger partial charge in [0, 0.05) is 58.0 Å². The third-order valence-corrected chi connectivity index (χ3v) is 5.93. The molecule has 0 amide bonds. The first-order valence-corrected chi connectivity index (χ1v) is 10.3. The Labute approximate surface area is 175 Å².